The van der Waals surface area contributed by atoms with E-state index in [0.717, 1.165) is 11.1 Å². The average molecular weight is 442 g/mol. The molecular weight excluding hydrogens is 414 g/mol. The van der Waals surface area contributed by atoms with Crippen LogP contribution in [0, 0.1) is 0 Å². The molecule has 3 aromatic rings. The van der Waals surface area contributed by atoms with Gasteiger partial charge in [-0.15, -0.1) is 0 Å². The molecule has 0 radical (unpaired) electrons. The van der Waals surface area contributed by atoms with E-state index in [4.69, 9.17) is 31.9 Å². The fourth-order valence-corrected chi connectivity index (χ4v) is 3.62. The first kappa shape index (κ1) is 23.1. The highest BCUT2D eigenvalue weighted by atomic mass is 35.5. The molecular formula is C25H28ClNO4. The number of aliphatic hydroxyl groups excluding tert-OH is 2. The second-order valence-electron chi connectivity index (χ2n) is 7.59. The molecule has 0 amide bonds. The van der Waals surface area contributed by atoms with Crippen LogP contribution in [0.5, 0.6) is 17.2 Å². The number of ether oxygens (including phenoxy) is 2. The van der Waals surface area contributed by atoms with Gasteiger partial charge in [-0.3, -0.25) is 0 Å². The molecule has 3 rings (SSSR count). The molecule has 0 fully saturated rings. The molecule has 31 heavy (non-hydrogen) atoms. The Kier molecular flexibility index (Phi) is 8.32. The lowest BCUT2D eigenvalue weighted by Crippen LogP contribution is -2.38. The molecule has 6 heteroatoms. The monoisotopic (exact) mass is 441 g/mol. The lowest BCUT2D eigenvalue weighted by Gasteiger charge is -2.21. The Morgan fingerprint density at radius 2 is 1.65 bits per heavy atom. The third-order valence-corrected chi connectivity index (χ3v) is 5.42. The average Bonchev–Trinajstić information content (AvgIpc) is 2.78. The van der Waals surface area contributed by atoms with Gasteiger partial charge in [0.25, 0.3) is 0 Å². The van der Waals surface area contributed by atoms with Crippen molar-refractivity contribution >= 4 is 11.6 Å². The fraction of sp³-hybridized carbons (Fsp3) is 0.280. The van der Waals surface area contributed by atoms with E-state index in [2.05, 4.69) is 0 Å². The van der Waals surface area contributed by atoms with E-state index in [1.807, 2.05) is 73.7 Å². The summed E-state index contributed by atoms with van der Waals surface area (Å²) in [5, 5.41) is 19.7. The molecule has 0 saturated carbocycles. The molecule has 0 aliphatic carbocycles. The maximum Gasteiger partial charge on any atom is 0.131 e. The second kappa shape index (κ2) is 11.2. The highest BCUT2D eigenvalue weighted by Gasteiger charge is 2.20. The molecule has 0 heterocycles. The maximum atomic E-state index is 10.1. The molecule has 0 saturated heterocycles. The van der Waals surface area contributed by atoms with E-state index >= 15 is 0 Å². The minimum Gasteiger partial charge on any atom is -0.489 e. The summed E-state index contributed by atoms with van der Waals surface area (Å²) in [6.07, 6.45) is -0.395. The number of nitrogens with two attached hydrogens (primary N) is 1. The predicted octanol–water partition coefficient (Wildman–Crippen LogP) is 4.89. The Bertz CT molecular complexity index is 967. The first-order valence-electron chi connectivity index (χ1n) is 10.2. The van der Waals surface area contributed by atoms with E-state index in [-0.39, 0.29) is 12.5 Å². The minimum atomic E-state index is -0.800. The zero-order chi connectivity index (χ0) is 22.2. The summed E-state index contributed by atoms with van der Waals surface area (Å²) >= 11 is 6.47. The molecule has 3 aromatic carbocycles. The summed E-state index contributed by atoms with van der Waals surface area (Å²) in [4.78, 5) is 0. The second-order valence-corrected chi connectivity index (χ2v) is 7.99. The Morgan fingerprint density at radius 3 is 2.35 bits per heavy atom. The molecule has 0 aromatic heterocycles. The number of hydrogen-bond acceptors (Lipinski definition) is 5. The smallest absolute Gasteiger partial charge is 0.131 e. The molecule has 2 unspecified atom stereocenters. The van der Waals surface area contributed by atoms with Crippen molar-refractivity contribution < 1.29 is 19.7 Å². The van der Waals surface area contributed by atoms with Crippen LogP contribution in [0.1, 0.15) is 30.4 Å². The molecule has 0 aliphatic heterocycles. The van der Waals surface area contributed by atoms with Crippen molar-refractivity contribution in [2.75, 3.05) is 6.61 Å². The Morgan fingerprint density at radius 1 is 0.935 bits per heavy atom. The largest absolute Gasteiger partial charge is 0.489 e. The number of hydrogen-bond donors (Lipinski definition) is 3. The number of halogens is 1. The highest BCUT2D eigenvalue weighted by molar-refractivity contribution is 6.31. The lowest BCUT2D eigenvalue weighted by molar-refractivity contribution is 0.0965. The highest BCUT2D eigenvalue weighted by Crippen LogP contribution is 2.33. The first-order valence-corrected chi connectivity index (χ1v) is 10.6. The van der Waals surface area contributed by atoms with Gasteiger partial charge in [-0.1, -0.05) is 61.0 Å². The Balaban J connectivity index is 1.63. The van der Waals surface area contributed by atoms with Crippen molar-refractivity contribution in [3.8, 4) is 17.2 Å². The van der Waals surface area contributed by atoms with Crippen LogP contribution in [0.2, 0.25) is 5.02 Å². The summed E-state index contributed by atoms with van der Waals surface area (Å²) in [5.74, 6) is 1.94. The van der Waals surface area contributed by atoms with E-state index in [1.165, 1.54) is 0 Å². The maximum absolute atomic E-state index is 10.1. The topological polar surface area (TPSA) is 84.9 Å². The van der Waals surface area contributed by atoms with E-state index in [1.54, 1.807) is 6.07 Å². The van der Waals surface area contributed by atoms with Crippen molar-refractivity contribution in [3.63, 3.8) is 0 Å². The van der Waals surface area contributed by atoms with Crippen LogP contribution in [0.15, 0.2) is 72.8 Å². The van der Waals surface area contributed by atoms with Crippen LogP contribution in [0.25, 0.3) is 0 Å². The quantitative estimate of drug-likeness (QED) is 0.417. The van der Waals surface area contributed by atoms with Gasteiger partial charge in [0.05, 0.1) is 18.8 Å². The van der Waals surface area contributed by atoms with E-state index in [0.29, 0.717) is 35.3 Å². The molecule has 0 spiro atoms. The molecule has 0 bridgehead atoms. The molecule has 4 N–H and O–H groups in total. The molecule has 5 nitrogen and oxygen atoms in total. The Hall–Kier alpha value is -2.57. The molecule has 0 aliphatic rings. The van der Waals surface area contributed by atoms with Gasteiger partial charge < -0.3 is 25.4 Å². The number of rotatable bonds is 10. The van der Waals surface area contributed by atoms with Gasteiger partial charge in [0.15, 0.2) is 0 Å². The first-order chi connectivity index (χ1) is 15.0. The number of benzene rings is 3. The fourth-order valence-electron chi connectivity index (χ4n) is 3.26. The van der Waals surface area contributed by atoms with E-state index < -0.39 is 12.1 Å². The standard InChI is InChI=1S/C25H28ClNO4/c1-17(12-25(29)24(27)15-28)22-11-10-21(14-23(22)26)31-20-9-5-8-19(13-20)30-16-18-6-3-2-4-7-18/h2-11,13-14,17,24-25,28-29H,12,15-16,27H2,1H3/t17?,24-,25?/m1/s1. The van der Waals surface area contributed by atoms with Gasteiger partial charge >= 0.3 is 0 Å². The summed E-state index contributed by atoms with van der Waals surface area (Å²) < 4.78 is 11.8. The lowest BCUT2D eigenvalue weighted by atomic mass is 9.92. The van der Waals surface area contributed by atoms with Gasteiger partial charge in [0, 0.05) is 11.1 Å². The predicted molar refractivity (Wildman–Crippen MR) is 123 cm³/mol. The van der Waals surface area contributed by atoms with Crippen LogP contribution < -0.4 is 15.2 Å². The van der Waals surface area contributed by atoms with Crippen molar-refractivity contribution in [1.29, 1.82) is 0 Å². The van der Waals surface area contributed by atoms with Gasteiger partial charge in [-0.25, -0.2) is 0 Å². The molecule has 3 atom stereocenters. The minimum absolute atomic E-state index is 0.0242. The Labute approximate surface area is 188 Å². The van der Waals surface area contributed by atoms with Crippen LogP contribution in [0.4, 0.5) is 0 Å². The summed E-state index contributed by atoms with van der Waals surface area (Å²) in [7, 11) is 0. The van der Waals surface area contributed by atoms with Crippen molar-refractivity contribution in [3.05, 3.63) is 88.9 Å². The normalized spacial score (nSPS) is 14.0. The third-order valence-electron chi connectivity index (χ3n) is 5.09. The van der Waals surface area contributed by atoms with Crippen LogP contribution in [0.3, 0.4) is 0 Å². The zero-order valence-corrected chi connectivity index (χ0v) is 18.2. The van der Waals surface area contributed by atoms with Gasteiger partial charge in [0.1, 0.15) is 23.9 Å². The van der Waals surface area contributed by atoms with Crippen molar-refractivity contribution in [2.45, 2.75) is 38.0 Å². The summed E-state index contributed by atoms with van der Waals surface area (Å²) in [6.45, 7) is 2.18. The van der Waals surface area contributed by atoms with Gasteiger partial charge in [0.2, 0.25) is 0 Å². The van der Waals surface area contributed by atoms with E-state index in [9.17, 15) is 5.11 Å². The summed E-state index contributed by atoms with van der Waals surface area (Å²) in [6, 6.07) is 22.2. The van der Waals surface area contributed by atoms with Crippen LogP contribution in [-0.2, 0) is 6.61 Å². The van der Waals surface area contributed by atoms with Crippen molar-refractivity contribution in [2.24, 2.45) is 5.73 Å². The van der Waals surface area contributed by atoms with Gasteiger partial charge in [-0.2, -0.15) is 0 Å². The third kappa shape index (κ3) is 6.71. The SMILES string of the molecule is CC(CC(O)[C@H](N)CO)c1ccc(Oc2cccc(OCc3ccccc3)c2)cc1Cl. The van der Waals surface area contributed by atoms with Gasteiger partial charge in [-0.05, 0) is 47.7 Å². The van der Waals surface area contributed by atoms with Crippen LogP contribution in [-0.4, -0.2) is 29.0 Å². The van der Waals surface area contributed by atoms with Crippen LogP contribution >= 0.6 is 11.6 Å². The number of aliphatic hydroxyl groups is 2. The van der Waals surface area contributed by atoms with Crippen molar-refractivity contribution in [1.82, 2.24) is 0 Å². The zero-order valence-electron chi connectivity index (χ0n) is 17.4. The summed E-state index contributed by atoms with van der Waals surface area (Å²) in [5.41, 5.74) is 7.67. The molecule has 164 valence electrons.